The number of fused-ring (bicyclic) bond motifs is 1. The van der Waals surface area contributed by atoms with Gasteiger partial charge in [-0.05, 0) is 30.7 Å². The van der Waals surface area contributed by atoms with E-state index in [2.05, 4.69) is 37.4 Å². The lowest BCUT2D eigenvalue weighted by molar-refractivity contribution is -0.120. The predicted octanol–water partition coefficient (Wildman–Crippen LogP) is 1.79. The first-order valence-corrected chi connectivity index (χ1v) is 9.55. The third-order valence-electron chi connectivity index (χ3n) is 5.17. The standard InChI is InChI=1S/C17H23N5OS/c1-12-10-24-17-15(12)16(19-11-20-17)22-8-6-21(7-9-22)13-2-3-14(23)18-5-4-13/h10-11,13H,2-9H2,1H3,(H,18,23). The average molecular weight is 345 g/mol. The second-order valence-corrected chi connectivity index (χ2v) is 7.51. The van der Waals surface area contributed by atoms with Crippen LogP contribution in [0, 0.1) is 6.92 Å². The van der Waals surface area contributed by atoms with Crippen LogP contribution in [0.3, 0.4) is 0 Å². The van der Waals surface area contributed by atoms with Gasteiger partial charge in [-0.15, -0.1) is 11.3 Å². The first-order chi connectivity index (χ1) is 11.7. The number of anilines is 1. The Morgan fingerprint density at radius 3 is 2.88 bits per heavy atom. The lowest BCUT2D eigenvalue weighted by atomic mass is 10.1. The van der Waals surface area contributed by atoms with E-state index >= 15 is 0 Å². The fraction of sp³-hybridized carbons (Fsp3) is 0.588. The molecule has 0 saturated carbocycles. The molecule has 2 fully saturated rings. The van der Waals surface area contributed by atoms with Crippen molar-refractivity contribution in [1.29, 1.82) is 0 Å². The second kappa shape index (κ2) is 6.64. The van der Waals surface area contributed by atoms with Crippen LogP contribution in [0.2, 0.25) is 0 Å². The van der Waals surface area contributed by atoms with Crippen molar-refractivity contribution in [2.75, 3.05) is 37.6 Å². The van der Waals surface area contributed by atoms with E-state index in [0.717, 1.165) is 56.2 Å². The number of carbonyl (C=O) groups is 1. The van der Waals surface area contributed by atoms with Gasteiger partial charge in [-0.25, -0.2) is 9.97 Å². The number of rotatable bonds is 2. The SMILES string of the molecule is Cc1csc2ncnc(N3CCN(C4CCNC(=O)CC4)CC3)c12. The Morgan fingerprint density at radius 1 is 1.21 bits per heavy atom. The molecule has 2 aromatic heterocycles. The number of carbonyl (C=O) groups excluding carboxylic acids is 1. The molecule has 4 heterocycles. The van der Waals surface area contributed by atoms with Gasteiger partial charge in [-0.1, -0.05) is 0 Å². The monoisotopic (exact) mass is 345 g/mol. The Bertz CT molecular complexity index is 738. The Kier molecular flexibility index (Phi) is 4.37. The Balaban J connectivity index is 1.46. The topological polar surface area (TPSA) is 61.4 Å². The van der Waals surface area contributed by atoms with E-state index in [-0.39, 0.29) is 5.91 Å². The second-order valence-electron chi connectivity index (χ2n) is 6.65. The van der Waals surface area contributed by atoms with Gasteiger partial charge in [0.05, 0.1) is 5.39 Å². The highest BCUT2D eigenvalue weighted by molar-refractivity contribution is 7.17. The molecule has 2 saturated heterocycles. The van der Waals surface area contributed by atoms with Gasteiger partial charge >= 0.3 is 0 Å². The van der Waals surface area contributed by atoms with Crippen molar-refractivity contribution < 1.29 is 4.79 Å². The molecule has 2 aliphatic heterocycles. The number of hydrogen-bond acceptors (Lipinski definition) is 6. The van der Waals surface area contributed by atoms with Crippen LogP contribution in [0.25, 0.3) is 10.2 Å². The molecule has 0 aromatic carbocycles. The predicted molar refractivity (Wildman–Crippen MR) is 96.6 cm³/mol. The lowest BCUT2D eigenvalue weighted by Crippen LogP contribution is -2.50. The van der Waals surface area contributed by atoms with Gasteiger partial charge in [-0.3, -0.25) is 9.69 Å². The number of nitrogens with zero attached hydrogens (tertiary/aromatic N) is 4. The molecule has 0 spiro atoms. The van der Waals surface area contributed by atoms with E-state index in [0.29, 0.717) is 12.5 Å². The number of nitrogens with one attached hydrogen (secondary N) is 1. The van der Waals surface area contributed by atoms with Crippen LogP contribution in [0.5, 0.6) is 0 Å². The van der Waals surface area contributed by atoms with Crippen molar-refractivity contribution >= 4 is 33.3 Å². The largest absolute Gasteiger partial charge is 0.356 e. The summed E-state index contributed by atoms with van der Waals surface area (Å²) in [5.74, 6) is 1.28. The molecule has 1 atom stereocenters. The summed E-state index contributed by atoms with van der Waals surface area (Å²) in [6.07, 6.45) is 4.38. The molecule has 6 nitrogen and oxygen atoms in total. The van der Waals surface area contributed by atoms with Gasteiger partial charge in [-0.2, -0.15) is 0 Å². The van der Waals surface area contributed by atoms with Crippen LogP contribution < -0.4 is 10.2 Å². The Morgan fingerprint density at radius 2 is 2.04 bits per heavy atom. The molecule has 0 bridgehead atoms. The molecule has 0 radical (unpaired) electrons. The third kappa shape index (κ3) is 2.98. The highest BCUT2D eigenvalue weighted by Gasteiger charge is 2.27. The van der Waals surface area contributed by atoms with Crippen molar-refractivity contribution in [3.8, 4) is 0 Å². The van der Waals surface area contributed by atoms with Crippen molar-refractivity contribution in [3.63, 3.8) is 0 Å². The molecule has 1 unspecified atom stereocenters. The number of piperazine rings is 1. The van der Waals surface area contributed by atoms with Gasteiger partial charge in [0, 0.05) is 45.2 Å². The minimum absolute atomic E-state index is 0.201. The summed E-state index contributed by atoms with van der Waals surface area (Å²) in [4.78, 5) is 26.5. The number of thiophene rings is 1. The average Bonchev–Trinajstić information content (AvgIpc) is 2.85. The molecule has 128 valence electrons. The van der Waals surface area contributed by atoms with Gasteiger partial charge in [0.1, 0.15) is 17.0 Å². The zero-order valence-electron chi connectivity index (χ0n) is 14.0. The van der Waals surface area contributed by atoms with Crippen LogP contribution >= 0.6 is 11.3 Å². The Labute approximate surface area is 145 Å². The summed E-state index contributed by atoms with van der Waals surface area (Å²) in [5.41, 5.74) is 1.27. The van der Waals surface area contributed by atoms with Crippen molar-refractivity contribution in [3.05, 3.63) is 17.3 Å². The highest BCUT2D eigenvalue weighted by atomic mass is 32.1. The normalized spacial score (nSPS) is 23.3. The van der Waals surface area contributed by atoms with E-state index in [1.807, 2.05) is 0 Å². The van der Waals surface area contributed by atoms with Crippen molar-refractivity contribution in [2.45, 2.75) is 32.2 Å². The molecule has 1 amide bonds. The smallest absolute Gasteiger partial charge is 0.220 e. The van der Waals surface area contributed by atoms with Crippen LogP contribution in [0.1, 0.15) is 24.8 Å². The van der Waals surface area contributed by atoms with Gasteiger partial charge in [0.15, 0.2) is 0 Å². The molecular formula is C17H23N5OS. The van der Waals surface area contributed by atoms with Crippen molar-refractivity contribution in [1.82, 2.24) is 20.2 Å². The van der Waals surface area contributed by atoms with E-state index in [4.69, 9.17) is 0 Å². The molecule has 2 aliphatic rings. The number of amides is 1. The van der Waals surface area contributed by atoms with Crippen LogP contribution in [-0.4, -0.2) is 59.5 Å². The maximum absolute atomic E-state index is 11.5. The zero-order chi connectivity index (χ0) is 16.5. The fourth-order valence-electron chi connectivity index (χ4n) is 3.81. The summed E-state index contributed by atoms with van der Waals surface area (Å²) in [7, 11) is 0. The first kappa shape index (κ1) is 15.8. The molecule has 2 aromatic rings. The fourth-order valence-corrected chi connectivity index (χ4v) is 4.70. The first-order valence-electron chi connectivity index (χ1n) is 8.67. The molecule has 24 heavy (non-hydrogen) atoms. The molecule has 7 heteroatoms. The molecule has 4 rings (SSSR count). The summed E-state index contributed by atoms with van der Waals surface area (Å²) in [6, 6.07) is 0.527. The molecule has 1 N–H and O–H groups in total. The number of aromatic nitrogens is 2. The highest BCUT2D eigenvalue weighted by Crippen LogP contribution is 2.31. The maximum Gasteiger partial charge on any atom is 0.220 e. The number of hydrogen-bond donors (Lipinski definition) is 1. The number of aryl methyl sites for hydroxylation is 1. The maximum atomic E-state index is 11.5. The van der Waals surface area contributed by atoms with Crippen LogP contribution in [0.15, 0.2) is 11.7 Å². The van der Waals surface area contributed by atoms with E-state index < -0.39 is 0 Å². The van der Waals surface area contributed by atoms with Gasteiger partial charge in [0.25, 0.3) is 0 Å². The third-order valence-corrected chi connectivity index (χ3v) is 6.17. The minimum atomic E-state index is 0.201. The van der Waals surface area contributed by atoms with E-state index in [1.165, 1.54) is 10.9 Å². The quantitative estimate of drug-likeness (QED) is 0.899. The Hall–Kier alpha value is -1.73. The van der Waals surface area contributed by atoms with Crippen LogP contribution in [0.4, 0.5) is 5.82 Å². The zero-order valence-corrected chi connectivity index (χ0v) is 14.8. The lowest BCUT2D eigenvalue weighted by Gasteiger charge is -2.39. The van der Waals surface area contributed by atoms with Crippen molar-refractivity contribution in [2.24, 2.45) is 0 Å². The van der Waals surface area contributed by atoms with E-state index in [9.17, 15) is 4.79 Å². The summed E-state index contributed by atoms with van der Waals surface area (Å²) in [5, 5.41) is 6.35. The molecular weight excluding hydrogens is 322 g/mol. The molecule has 0 aliphatic carbocycles. The summed E-state index contributed by atoms with van der Waals surface area (Å²) < 4.78 is 0. The van der Waals surface area contributed by atoms with Crippen LogP contribution in [-0.2, 0) is 4.79 Å². The van der Waals surface area contributed by atoms with Gasteiger partial charge in [0.2, 0.25) is 5.91 Å². The van der Waals surface area contributed by atoms with E-state index in [1.54, 1.807) is 17.7 Å². The summed E-state index contributed by atoms with van der Waals surface area (Å²) >= 11 is 1.69. The van der Waals surface area contributed by atoms with Gasteiger partial charge < -0.3 is 10.2 Å². The summed E-state index contributed by atoms with van der Waals surface area (Å²) in [6.45, 7) is 6.99. The minimum Gasteiger partial charge on any atom is -0.356 e.